The second kappa shape index (κ2) is 6.72. The number of nitrogens with zero attached hydrogens (tertiary/aromatic N) is 2. The Bertz CT molecular complexity index is 702. The molecule has 24 heavy (non-hydrogen) atoms. The minimum absolute atomic E-state index is 0.00728. The molecule has 9 heteroatoms. The van der Waals surface area contributed by atoms with Crippen LogP contribution in [0.2, 0.25) is 0 Å². The molecule has 1 aromatic rings. The highest BCUT2D eigenvalue weighted by Gasteiger charge is 2.41. The van der Waals surface area contributed by atoms with Crippen molar-refractivity contribution in [2.75, 3.05) is 18.5 Å². The zero-order valence-corrected chi connectivity index (χ0v) is 14.2. The summed E-state index contributed by atoms with van der Waals surface area (Å²) in [6.07, 6.45) is -2.45. The molecule has 1 fully saturated rings. The van der Waals surface area contributed by atoms with Gasteiger partial charge in [-0.15, -0.1) is 0 Å². The summed E-state index contributed by atoms with van der Waals surface area (Å²) in [7, 11) is -2.70. The standard InChI is InChI=1S/C15H19F3N2O3S/c1-11-5-3-4-10-20(11)24(22,23)13-8-6-12(7-9-13)19(2)14(21)15(16,17)18/h6-9,11H,3-5,10H2,1-2H3. The number of hydrogen-bond acceptors (Lipinski definition) is 3. The van der Waals surface area contributed by atoms with Gasteiger partial charge in [0.15, 0.2) is 0 Å². The molecule has 1 atom stereocenters. The van der Waals surface area contributed by atoms with E-state index >= 15 is 0 Å². The first kappa shape index (κ1) is 18.7. The first-order chi connectivity index (χ1) is 11.0. The highest BCUT2D eigenvalue weighted by atomic mass is 32.2. The van der Waals surface area contributed by atoms with E-state index in [1.807, 2.05) is 6.92 Å². The summed E-state index contributed by atoms with van der Waals surface area (Å²) in [4.78, 5) is 11.7. The van der Waals surface area contributed by atoms with E-state index in [0.717, 1.165) is 26.3 Å². The van der Waals surface area contributed by atoms with E-state index < -0.39 is 22.1 Å². The highest BCUT2D eigenvalue weighted by molar-refractivity contribution is 7.89. The van der Waals surface area contributed by atoms with E-state index in [0.29, 0.717) is 11.4 Å². The number of carbonyl (C=O) groups is 1. The topological polar surface area (TPSA) is 57.7 Å². The third-order valence-corrected chi connectivity index (χ3v) is 6.15. The van der Waals surface area contributed by atoms with Gasteiger partial charge in [0.1, 0.15) is 0 Å². The Morgan fingerprint density at radius 2 is 1.79 bits per heavy atom. The lowest BCUT2D eigenvalue weighted by atomic mass is 10.1. The van der Waals surface area contributed by atoms with Crippen molar-refractivity contribution in [3.8, 4) is 0 Å². The molecule has 0 spiro atoms. The second-order valence-corrected chi connectivity index (χ2v) is 7.71. The van der Waals surface area contributed by atoms with Crippen LogP contribution in [0.15, 0.2) is 29.2 Å². The van der Waals surface area contributed by atoms with E-state index in [1.54, 1.807) is 0 Å². The molecule has 1 aliphatic rings. The van der Waals surface area contributed by atoms with Crippen molar-refractivity contribution in [1.29, 1.82) is 0 Å². The summed E-state index contributed by atoms with van der Waals surface area (Å²) in [5, 5.41) is 0. The number of benzene rings is 1. The van der Waals surface area contributed by atoms with Gasteiger partial charge in [0.2, 0.25) is 10.0 Å². The molecule has 1 unspecified atom stereocenters. The number of halogens is 3. The first-order valence-corrected chi connectivity index (χ1v) is 8.96. The lowest BCUT2D eigenvalue weighted by Crippen LogP contribution is -2.42. The Hall–Kier alpha value is -1.61. The smallest absolute Gasteiger partial charge is 0.308 e. The number of rotatable bonds is 3. The van der Waals surface area contributed by atoms with Crippen LogP contribution in [0.5, 0.6) is 0 Å². The van der Waals surface area contributed by atoms with Gasteiger partial charge in [0, 0.05) is 25.3 Å². The molecule has 0 aliphatic carbocycles. The summed E-state index contributed by atoms with van der Waals surface area (Å²) >= 11 is 0. The lowest BCUT2D eigenvalue weighted by molar-refractivity contribution is -0.170. The van der Waals surface area contributed by atoms with Crippen LogP contribution in [0.3, 0.4) is 0 Å². The van der Waals surface area contributed by atoms with Gasteiger partial charge < -0.3 is 4.90 Å². The Labute approximate surface area is 139 Å². The molecule has 0 bridgehead atoms. The number of alkyl halides is 3. The van der Waals surface area contributed by atoms with Gasteiger partial charge in [-0.3, -0.25) is 4.79 Å². The van der Waals surface area contributed by atoms with Crippen molar-refractivity contribution in [3.63, 3.8) is 0 Å². The first-order valence-electron chi connectivity index (χ1n) is 7.52. The van der Waals surface area contributed by atoms with Crippen molar-refractivity contribution >= 4 is 21.6 Å². The van der Waals surface area contributed by atoms with Crippen LogP contribution in [-0.4, -0.2) is 44.4 Å². The predicted octanol–water partition coefficient (Wildman–Crippen LogP) is 2.77. The average molecular weight is 364 g/mol. The summed E-state index contributed by atoms with van der Waals surface area (Å²) in [6.45, 7) is 2.26. The fraction of sp³-hybridized carbons (Fsp3) is 0.533. The van der Waals surface area contributed by atoms with E-state index in [-0.39, 0.29) is 16.6 Å². The van der Waals surface area contributed by atoms with Crippen LogP contribution in [-0.2, 0) is 14.8 Å². The molecule has 1 aliphatic heterocycles. The van der Waals surface area contributed by atoms with Crippen LogP contribution in [0.4, 0.5) is 18.9 Å². The van der Waals surface area contributed by atoms with Crippen molar-refractivity contribution < 1.29 is 26.4 Å². The number of amides is 1. The molecule has 1 aromatic carbocycles. The normalized spacial score (nSPS) is 20.0. The van der Waals surface area contributed by atoms with Crippen LogP contribution < -0.4 is 4.90 Å². The van der Waals surface area contributed by atoms with Crippen molar-refractivity contribution in [2.24, 2.45) is 0 Å². The van der Waals surface area contributed by atoms with Crippen LogP contribution in [0.1, 0.15) is 26.2 Å². The van der Waals surface area contributed by atoms with Gasteiger partial charge in [-0.25, -0.2) is 8.42 Å². The van der Waals surface area contributed by atoms with Gasteiger partial charge in [0.25, 0.3) is 0 Å². The van der Waals surface area contributed by atoms with E-state index in [1.165, 1.54) is 28.6 Å². The SMILES string of the molecule is CC1CCCCN1S(=O)(=O)c1ccc(N(C)C(=O)C(F)(F)F)cc1. The maximum Gasteiger partial charge on any atom is 0.471 e. The number of piperidine rings is 1. The fourth-order valence-electron chi connectivity index (χ4n) is 2.71. The van der Waals surface area contributed by atoms with Gasteiger partial charge in [-0.2, -0.15) is 17.5 Å². The Kier molecular flexibility index (Phi) is 5.24. The van der Waals surface area contributed by atoms with Crippen LogP contribution in [0, 0.1) is 0 Å². The lowest BCUT2D eigenvalue weighted by Gasteiger charge is -2.32. The summed E-state index contributed by atoms with van der Waals surface area (Å²) in [5.74, 6) is -2.01. The minimum atomic E-state index is -4.98. The third-order valence-electron chi connectivity index (χ3n) is 4.12. The summed E-state index contributed by atoms with van der Waals surface area (Å²) in [6, 6.07) is 4.74. The fourth-order valence-corrected chi connectivity index (χ4v) is 4.41. The molecule has 5 nitrogen and oxygen atoms in total. The molecular formula is C15H19F3N2O3S. The molecule has 1 saturated heterocycles. The van der Waals surface area contributed by atoms with Gasteiger partial charge in [-0.1, -0.05) is 6.42 Å². The third kappa shape index (κ3) is 3.72. The van der Waals surface area contributed by atoms with Gasteiger partial charge in [0.05, 0.1) is 4.90 Å². The quantitative estimate of drug-likeness (QED) is 0.829. The number of hydrogen-bond donors (Lipinski definition) is 0. The zero-order valence-electron chi connectivity index (χ0n) is 13.4. The maximum absolute atomic E-state index is 12.6. The zero-order chi connectivity index (χ0) is 18.1. The van der Waals surface area contributed by atoms with Crippen molar-refractivity contribution in [1.82, 2.24) is 4.31 Å². The molecule has 2 rings (SSSR count). The molecule has 0 saturated carbocycles. The molecule has 0 aromatic heterocycles. The van der Waals surface area contributed by atoms with E-state index in [4.69, 9.17) is 0 Å². The van der Waals surface area contributed by atoms with Crippen molar-refractivity contribution in [3.05, 3.63) is 24.3 Å². The molecule has 134 valence electrons. The highest BCUT2D eigenvalue weighted by Crippen LogP contribution is 2.27. The Balaban J connectivity index is 2.24. The van der Waals surface area contributed by atoms with E-state index in [2.05, 4.69) is 0 Å². The summed E-state index contributed by atoms with van der Waals surface area (Å²) < 4.78 is 64.0. The molecule has 1 heterocycles. The average Bonchev–Trinajstić information content (AvgIpc) is 2.53. The monoisotopic (exact) mass is 364 g/mol. The number of sulfonamides is 1. The molecule has 1 amide bonds. The van der Waals surface area contributed by atoms with E-state index in [9.17, 15) is 26.4 Å². The van der Waals surface area contributed by atoms with Gasteiger partial charge >= 0.3 is 12.1 Å². The maximum atomic E-state index is 12.6. The minimum Gasteiger partial charge on any atom is -0.308 e. The molecule has 0 radical (unpaired) electrons. The molecular weight excluding hydrogens is 345 g/mol. The van der Waals surface area contributed by atoms with Gasteiger partial charge in [-0.05, 0) is 44.0 Å². The number of anilines is 1. The largest absolute Gasteiger partial charge is 0.471 e. The summed E-state index contributed by atoms with van der Waals surface area (Å²) in [5.41, 5.74) is -0.0250. The molecule has 0 N–H and O–H groups in total. The number of carbonyl (C=O) groups excluding carboxylic acids is 1. The Morgan fingerprint density at radius 3 is 2.29 bits per heavy atom. The van der Waals surface area contributed by atoms with Crippen molar-refractivity contribution in [2.45, 2.75) is 43.3 Å². The Morgan fingerprint density at radius 1 is 1.21 bits per heavy atom. The second-order valence-electron chi connectivity index (χ2n) is 5.82. The van der Waals surface area contributed by atoms with Crippen LogP contribution >= 0.6 is 0 Å². The van der Waals surface area contributed by atoms with Crippen LogP contribution in [0.25, 0.3) is 0 Å². The predicted molar refractivity (Wildman–Crippen MR) is 83.1 cm³/mol.